The molecule has 1 amide bonds. The Balaban J connectivity index is 1.66. The van der Waals surface area contributed by atoms with E-state index in [9.17, 15) is 22.4 Å². The van der Waals surface area contributed by atoms with E-state index in [1.807, 2.05) is 0 Å². The first kappa shape index (κ1) is 24.7. The maximum absolute atomic E-state index is 13.8. The van der Waals surface area contributed by atoms with Crippen LogP contribution >= 0.6 is 22.6 Å². The number of anilines is 1. The summed E-state index contributed by atoms with van der Waals surface area (Å²) in [5, 5.41) is 4.31. The Morgan fingerprint density at radius 3 is 2.31 bits per heavy atom. The Labute approximate surface area is 211 Å². The molecule has 1 aliphatic rings. The number of nitrogens with zero attached hydrogens (tertiary/aromatic N) is 2. The first-order chi connectivity index (χ1) is 16.7. The van der Waals surface area contributed by atoms with E-state index in [1.165, 1.54) is 49.6 Å². The minimum absolute atomic E-state index is 0.0748. The minimum atomic E-state index is -4.84. The van der Waals surface area contributed by atoms with E-state index in [1.54, 1.807) is 24.3 Å². The molecule has 180 valence electrons. The molecular weight excluding hydrogens is 579 g/mol. The van der Waals surface area contributed by atoms with Gasteiger partial charge in [0.25, 0.3) is 5.91 Å². The Hall–Kier alpha value is -3.41. The Morgan fingerprint density at radius 1 is 1.00 bits per heavy atom. The van der Waals surface area contributed by atoms with Gasteiger partial charge in [-0.15, -0.1) is 0 Å². The molecule has 1 heterocycles. The third-order valence-electron chi connectivity index (χ3n) is 5.02. The SMILES string of the molecule is COc1ccc(/C=C2\C(=O)N(c3ccc(I)cc3)N=C2C(F)(F)F)cc1OCc1ccc(F)cc1. The minimum Gasteiger partial charge on any atom is -0.493 e. The monoisotopic (exact) mass is 596 g/mol. The fourth-order valence-corrected chi connectivity index (χ4v) is 3.68. The molecule has 1 aliphatic heterocycles. The van der Waals surface area contributed by atoms with Crippen LogP contribution in [0, 0.1) is 9.39 Å². The second kappa shape index (κ2) is 10.1. The molecule has 0 aromatic heterocycles. The highest BCUT2D eigenvalue weighted by molar-refractivity contribution is 14.1. The van der Waals surface area contributed by atoms with Crippen molar-refractivity contribution in [3.8, 4) is 11.5 Å². The van der Waals surface area contributed by atoms with Crippen molar-refractivity contribution in [1.29, 1.82) is 0 Å². The Kier molecular flexibility index (Phi) is 7.10. The molecule has 5 nitrogen and oxygen atoms in total. The molecule has 0 N–H and O–H groups in total. The number of halogens is 5. The van der Waals surface area contributed by atoms with Crippen LogP contribution in [0.15, 0.2) is 77.4 Å². The van der Waals surface area contributed by atoms with Gasteiger partial charge >= 0.3 is 6.18 Å². The second-order valence-electron chi connectivity index (χ2n) is 7.42. The average molecular weight is 596 g/mol. The van der Waals surface area contributed by atoms with Crippen molar-refractivity contribution in [1.82, 2.24) is 0 Å². The van der Waals surface area contributed by atoms with Gasteiger partial charge in [-0.2, -0.15) is 23.3 Å². The van der Waals surface area contributed by atoms with Crippen LogP contribution in [-0.2, 0) is 11.4 Å². The smallest absolute Gasteiger partial charge is 0.435 e. The van der Waals surface area contributed by atoms with Gasteiger partial charge in [-0.25, -0.2) is 4.39 Å². The first-order valence-corrected chi connectivity index (χ1v) is 11.3. The molecule has 0 spiro atoms. The van der Waals surface area contributed by atoms with Crippen LogP contribution in [0.5, 0.6) is 11.5 Å². The molecule has 0 bridgehead atoms. The zero-order valence-electron chi connectivity index (χ0n) is 18.1. The van der Waals surface area contributed by atoms with Crippen molar-refractivity contribution in [2.24, 2.45) is 5.10 Å². The van der Waals surface area contributed by atoms with Crippen molar-refractivity contribution < 1.29 is 31.8 Å². The van der Waals surface area contributed by atoms with Crippen LogP contribution in [-0.4, -0.2) is 24.9 Å². The molecule has 35 heavy (non-hydrogen) atoms. The highest BCUT2D eigenvalue weighted by Crippen LogP contribution is 2.35. The lowest BCUT2D eigenvalue weighted by atomic mass is 10.1. The van der Waals surface area contributed by atoms with Crippen LogP contribution in [0.1, 0.15) is 11.1 Å². The Morgan fingerprint density at radius 2 is 1.69 bits per heavy atom. The zero-order valence-corrected chi connectivity index (χ0v) is 20.3. The predicted molar refractivity (Wildman–Crippen MR) is 132 cm³/mol. The van der Waals surface area contributed by atoms with Crippen LogP contribution in [0.25, 0.3) is 6.08 Å². The number of amides is 1. The molecule has 0 saturated carbocycles. The van der Waals surface area contributed by atoms with Gasteiger partial charge in [-0.05, 0) is 88.3 Å². The molecular formula is C25H17F4IN2O3. The number of hydrazone groups is 1. The molecule has 0 radical (unpaired) electrons. The highest BCUT2D eigenvalue weighted by atomic mass is 127. The first-order valence-electron chi connectivity index (χ1n) is 10.2. The van der Waals surface area contributed by atoms with Crippen LogP contribution in [0.2, 0.25) is 0 Å². The van der Waals surface area contributed by atoms with E-state index in [-0.39, 0.29) is 29.4 Å². The van der Waals surface area contributed by atoms with Gasteiger partial charge in [0.15, 0.2) is 17.2 Å². The number of carbonyl (C=O) groups excluding carboxylic acids is 1. The number of ether oxygens (including phenoxy) is 2. The molecule has 0 saturated heterocycles. The third kappa shape index (κ3) is 5.64. The van der Waals surface area contributed by atoms with Crippen molar-refractivity contribution >= 4 is 46.0 Å². The molecule has 0 fully saturated rings. The number of alkyl halides is 3. The lowest BCUT2D eigenvalue weighted by molar-refractivity contribution is -0.114. The van der Waals surface area contributed by atoms with E-state index in [0.29, 0.717) is 11.3 Å². The summed E-state index contributed by atoms with van der Waals surface area (Å²) in [7, 11) is 1.42. The molecule has 0 aliphatic carbocycles. The summed E-state index contributed by atoms with van der Waals surface area (Å²) in [6.45, 7) is 0.0748. The van der Waals surface area contributed by atoms with Crippen molar-refractivity contribution in [3.05, 3.63) is 92.8 Å². The number of hydrogen-bond donors (Lipinski definition) is 0. The third-order valence-corrected chi connectivity index (χ3v) is 5.74. The summed E-state index contributed by atoms with van der Waals surface area (Å²) >= 11 is 2.05. The quantitative estimate of drug-likeness (QED) is 0.189. The van der Waals surface area contributed by atoms with Gasteiger partial charge in [0.1, 0.15) is 12.4 Å². The normalized spacial score (nSPS) is 14.9. The van der Waals surface area contributed by atoms with Gasteiger partial charge in [0.05, 0.1) is 18.4 Å². The number of methoxy groups -OCH3 is 1. The summed E-state index contributed by atoms with van der Waals surface area (Å²) in [5.74, 6) is -0.695. The highest BCUT2D eigenvalue weighted by Gasteiger charge is 2.46. The average Bonchev–Trinajstić information content (AvgIpc) is 3.16. The predicted octanol–water partition coefficient (Wildman–Crippen LogP) is 6.37. The van der Waals surface area contributed by atoms with Gasteiger partial charge in [-0.1, -0.05) is 18.2 Å². The van der Waals surface area contributed by atoms with Crippen molar-refractivity contribution in [2.45, 2.75) is 12.8 Å². The zero-order chi connectivity index (χ0) is 25.2. The Bertz CT molecular complexity index is 1300. The summed E-state index contributed by atoms with van der Waals surface area (Å²) in [4.78, 5) is 13.0. The lowest BCUT2D eigenvalue weighted by Gasteiger charge is -2.13. The summed E-state index contributed by atoms with van der Waals surface area (Å²) in [6.07, 6.45) is -3.72. The standard InChI is InChI=1S/C25H17F4IN2O3/c1-34-21-11-4-16(13-22(21)35-14-15-2-5-17(26)6-3-15)12-20-23(25(27,28)29)31-32(24(20)33)19-9-7-18(30)8-10-19/h2-13H,14H2,1H3/b20-12-. The van der Waals surface area contributed by atoms with Crippen molar-refractivity contribution in [2.75, 3.05) is 12.1 Å². The molecule has 0 atom stereocenters. The van der Waals surface area contributed by atoms with Crippen LogP contribution < -0.4 is 14.5 Å². The topological polar surface area (TPSA) is 51.1 Å². The fraction of sp³-hybridized carbons (Fsp3) is 0.120. The van der Waals surface area contributed by atoms with Gasteiger partial charge < -0.3 is 9.47 Å². The number of carbonyl (C=O) groups is 1. The molecule has 3 aromatic carbocycles. The molecule has 4 rings (SSSR count). The van der Waals surface area contributed by atoms with Crippen LogP contribution in [0.3, 0.4) is 0 Å². The van der Waals surface area contributed by atoms with E-state index >= 15 is 0 Å². The van der Waals surface area contributed by atoms with E-state index < -0.39 is 23.4 Å². The van der Waals surface area contributed by atoms with E-state index in [0.717, 1.165) is 14.7 Å². The summed E-state index contributed by atoms with van der Waals surface area (Å²) in [5.41, 5.74) is -0.692. The van der Waals surface area contributed by atoms with Gasteiger partial charge in [-0.3, -0.25) is 4.79 Å². The number of rotatable bonds is 6. The second-order valence-corrected chi connectivity index (χ2v) is 8.67. The molecule has 10 heteroatoms. The van der Waals surface area contributed by atoms with Gasteiger partial charge in [0.2, 0.25) is 0 Å². The van der Waals surface area contributed by atoms with E-state index in [2.05, 4.69) is 27.7 Å². The summed E-state index contributed by atoms with van der Waals surface area (Å²) in [6, 6.07) is 16.6. The maximum Gasteiger partial charge on any atom is 0.435 e. The fourth-order valence-electron chi connectivity index (χ4n) is 3.32. The number of benzene rings is 3. The number of hydrogen-bond acceptors (Lipinski definition) is 4. The van der Waals surface area contributed by atoms with Crippen LogP contribution in [0.4, 0.5) is 23.2 Å². The molecule has 3 aromatic rings. The molecule has 0 unspecified atom stereocenters. The van der Waals surface area contributed by atoms with E-state index in [4.69, 9.17) is 9.47 Å². The maximum atomic E-state index is 13.8. The van der Waals surface area contributed by atoms with Gasteiger partial charge in [0, 0.05) is 3.57 Å². The summed E-state index contributed by atoms with van der Waals surface area (Å²) < 4.78 is 66.3. The largest absolute Gasteiger partial charge is 0.493 e. The van der Waals surface area contributed by atoms with Crippen molar-refractivity contribution in [3.63, 3.8) is 0 Å². The lowest BCUT2D eigenvalue weighted by Crippen LogP contribution is -2.25.